The number of aliphatic hydroxyl groups excluding tert-OH is 1. The zero-order valence-electron chi connectivity index (χ0n) is 14.1. The van der Waals surface area contributed by atoms with Gasteiger partial charge in [-0.3, -0.25) is 9.88 Å². The van der Waals surface area contributed by atoms with Gasteiger partial charge < -0.3 is 9.84 Å². The maximum Gasteiger partial charge on any atom is 0.213 e. The van der Waals surface area contributed by atoms with Crippen LogP contribution in [-0.4, -0.2) is 39.7 Å². The molecule has 2 aromatic heterocycles. The maximum absolute atomic E-state index is 10.5. The fourth-order valence-electron chi connectivity index (χ4n) is 3.22. The molecule has 24 heavy (non-hydrogen) atoms. The Morgan fingerprint density at radius 3 is 2.67 bits per heavy atom. The molecule has 1 fully saturated rings. The van der Waals surface area contributed by atoms with Gasteiger partial charge in [-0.15, -0.1) is 0 Å². The largest absolute Gasteiger partial charge is 0.478 e. The van der Waals surface area contributed by atoms with E-state index in [0.29, 0.717) is 12.5 Å². The summed E-state index contributed by atoms with van der Waals surface area (Å²) in [5, 5.41) is 10.5. The summed E-state index contributed by atoms with van der Waals surface area (Å²) in [6.07, 6.45) is 5.15. The van der Waals surface area contributed by atoms with E-state index in [1.807, 2.05) is 37.4 Å². The van der Waals surface area contributed by atoms with Crippen LogP contribution >= 0.6 is 0 Å². The van der Waals surface area contributed by atoms with Crippen LogP contribution in [-0.2, 0) is 6.54 Å². The minimum absolute atomic E-state index is 0.287. The second kappa shape index (κ2) is 8.22. The molecule has 1 saturated heterocycles. The summed E-state index contributed by atoms with van der Waals surface area (Å²) in [7, 11) is 0. The summed E-state index contributed by atoms with van der Waals surface area (Å²) in [5.74, 6) is 0.966. The van der Waals surface area contributed by atoms with Crippen molar-refractivity contribution in [3.63, 3.8) is 0 Å². The highest BCUT2D eigenvalue weighted by Crippen LogP contribution is 2.30. The topological polar surface area (TPSA) is 58.5 Å². The minimum atomic E-state index is -0.458. The molecule has 0 bridgehead atoms. The van der Waals surface area contributed by atoms with Crippen LogP contribution in [0.2, 0.25) is 0 Å². The van der Waals surface area contributed by atoms with Crippen molar-refractivity contribution in [1.29, 1.82) is 0 Å². The number of hydrogen-bond acceptors (Lipinski definition) is 5. The van der Waals surface area contributed by atoms with Gasteiger partial charge in [0.25, 0.3) is 0 Å². The summed E-state index contributed by atoms with van der Waals surface area (Å²) in [5.41, 5.74) is 1.98. The fourth-order valence-corrected chi connectivity index (χ4v) is 3.22. The SMILES string of the molecule is CCOc1ccc(CN2CCC([C@H](O)c3ccccn3)CC2)cn1. The summed E-state index contributed by atoms with van der Waals surface area (Å²) < 4.78 is 5.37. The van der Waals surface area contributed by atoms with Crippen LogP contribution in [0.1, 0.15) is 37.1 Å². The first-order chi connectivity index (χ1) is 11.8. The Bertz CT molecular complexity index is 610. The molecule has 0 radical (unpaired) electrons. The first-order valence-electron chi connectivity index (χ1n) is 8.65. The summed E-state index contributed by atoms with van der Waals surface area (Å²) in [4.78, 5) is 11.0. The molecule has 1 atom stereocenters. The van der Waals surface area contributed by atoms with E-state index < -0.39 is 6.10 Å². The lowest BCUT2D eigenvalue weighted by atomic mass is 9.89. The van der Waals surface area contributed by atoms with Crippen LogP contribution in [0, 0.1) is 5.92 Å². The number of hydrogen-bond donors (Lipinski definition) is 1. The van der Waals surface area contributed by atoms with Gasteiger partial charge in [-0.1, -0.05) is 12.1 Å². The summed E-state index contributed by atoms with van der Waals surface area (Å²) >= 11 is 0. The summed E-state index contributed by atoms with van der Waals surface area (Å²) in [6.45, 7) is 5.47. The Morgan fingerprint density at radius 2 is 2.04 bits per heavy atom. The Labute approximate surface area is 143 Å². The second-order valence-corrected chi connectivity index (χ2v) is 6.25. The first kappa shape index (κ1) is 16.9. The van der Waals surface area contributed by atoms with Crippen molar-refractivity contribution < 1.29 is 9.84 Å². The van der Waals surface area contributed by atoms with Crippen molar-refractivity contribution in [1.82, 2.24) is 14.9 Å². The van der Waals surface area contributed by atoms with Gasteiger partial charge in [-0.2, -0.15) is 0 Å². The highest BCUT2D eigenvalue weighted by atomic mass is 16.5. The number of nitrogens with zero attached hydrogens (tertiary/aromatic N) is 3. The second-order valence-electron chi connectivity index (χ2n) is 6.25. The standard InChI is InChI=1S/C19H25N3O2/c1-2-24-18-7-6-15(13-21-18)14-22-11-8-16(9-12-22)19(23)17-5-3-4-10-20-17/h3-7,10,13,16,19,23H,2,8-9,11-12,14H2,1H3/t19-/m0/s1. The number of pyridine rings is 2. The number of aromatic nitrogens is 2. The van der Waals surface area contributed by atoms with Crippen LogP contribution in [0.4, 0.5) is 0 Å². The minimum Gasteiger partial charge on any atom is -0.478 e. The van der Waals surface area contributed by atoms with Gasteiger partial charge in [0, 0.05) is 25.0 Å². The molecule has 5 nitrogen and oxygen atoms in total. The van der Waals surface area contributed by atoms with Gasteiger partial charge in [0.15, 0.2) is 0 Å². The molecule has 0 aliphatic carbocycles. The van der Waals surface area contributed by atoms with Crippen molar-refractivity contribution in [2.75, 3.05) is 19.7 Å². The normalized spacial score (nSPS) is 17.6. The number of piperidine rings is 1. The van der Waals surface area contributed by atoms with Gasteiger partial charge in [0.2, 0.25) is 5.88 Å². The molecule has 1 aliphatic heterocycles. The highest BCUT2D eigenvalue weighted by molar-refractivity contribution is 5.18. The van der Waals surface area contributed by atoms with E-state index in [9.17, 15) is 5.11 Å². The fraction of sp³-hybridized carbons (Fsp3) is 0.474. The molecule has 128 valence electrons. The van der Waals surface area contributed by atoms with E-state index in [1.165, 1.54) is 5.56 Å². The molecule has 3 heterocycles. The van der Waals surface area contributed by atoms with E-state index >= 15 is 0 Å². The van der Waals surface area contributed by atoms with Gasteiger partial charge in [0.1, 0.15) is 0 Å². The Morgan fingerprint density at radius 1 is 1.21 bits per heavy atom. The summed E-state index contributed by atoms with van der Waals surface area (Å²) in [6, 6.07) is 9.72. The van der Waals surface area contributed by atoms with Crippen molar-refractivity contribution in [2.45, 2.75) is 32.4 Å². The molecule has 0 unspecified atom stereocenters. The molecule has 1 N–H and O–H groups in total. The van der Waals surface area contributed by atoms with Crippen LogP contribution in [0.5, 0.6) is 5.88 Å². The third-order valence-corrected chi connectivity index (χ3v) is 4.57. The number of likely N-dealkylation sites (tertiary alicyclic amines) is 1. The van der Waals surface area contributed by atoms with Crippen LogP contribution in [0.15, 0.2) is 42.7 Å². The van der Waals surface area contributed by atoms with E-state index in [0.717, 1.165) is 38.2 Å². The van der Waals surface area contributed by atoms with Crippen molar-refractivity contribution >= 4 is 0 Å². The van der Waals surface area contributed by atoms with Gasteiger partial charge in [-0.05, 0) is 56.5 Å². The predicted molar refractivity (Wildman–Crippen MR) is 92.6 cm³/mol. The van der Waals surface area contributed by atoms with E-state index in [-0.39, 0.29) is 5.92 Å². The molecule has 0 spiro atoms. The van der Waals surface area contributed by atoms with Gasteiger partial charge >= 0.3 is 0 Å². The van der Waals surface area contributed by atoms with E-state index in [4.69, 9.17) is 4.74 Å². The van der Waals surface area contributed by atoms with E-state index in [2.05, 4.69) is 20.9 Å². The lowest BCUT2D eigenvalue weighted by molar-refractivity contribution is 0.0539. The Hall–Kier alpha value is -1.98. The lowest BCUT2D eigenvalue weighted by Gasteiger charge is -2.34. The molecule has 5 heteroatoms. The zero-order valence-corrected chi connectivity index (χ0v) is 14.1. The van der Waals surface area contributed by atoms with Crippen LogP contribution < -0.4 is 4.74 Å². The maximum atomic E-state index is 10.5. The molecule has 0 amide bonds. The quantitative estimate of drug-likeness (QED) is 0.884. The first-order valence-corrected chi connectivity index (χ1v) is 8.65. The monoisotopic (exact) mass is 327 g/mol. The van der Waals surface area contributed by atoms with Crippen molar-refractivity contribution in [3.05, 3.63) is 54.0 Å². The number of ether oxygens (including phenoxy) is 1. The van der Waals surface area contributed by atoms with Crippen LogP contribution in [0.3, 0.4) is 0 Å². The predicted octanol–water partition coefficient (Wildman–Crippen LogP) is 2.82. The zero-order chi connectivity index (χ0) is 16.8. The molecular formula is C19H25N3O2. The number of aliphatic hydroxyl groups is 1. The molecule has 0 aromatic carbocycles. The number of rotatable bonds is 6. The molecule has 3 rings (SSSR count). The third-order valence-electron chi connectivity index (χ3n) is 4.57. The molecular weight excluding hydrogens is 302 g/mol. The Kier molecular flexibility index (Phi) is 5.77. The van der Waals surface area contributed by atoms with Crippen LogP contribution in [0.25, 0.3) is 0 Å². The molecule has 0 saturated carbocycles. The van der Waals surface area contributed by atoms with Gasteiger partial charge in [-0.25, -0.2) is 4.98 Å². The Balaban J connectivity index is 1.50. The van der Waals surface area contributed by atoms with E-state index in [1.54, 1.807) is 6.20 Å². The highest BCUT2D eigenvalue weighted by Gasteiger charge is 2.26. The smallest absolute Gasteiger partial charge is 0.213 e. The molecule has 1 aliphatic rings. The van der Waals surface area contributed by atoms with Gasteiger partial charge in [0.05, 0.1) is 18.4 Å². The average Bonchev–Trinajstić information content (AvgIpc) is 2.64. The molecule has 2 aromatic rings. The third kappa shape index (κ3) is 4.30. The average molecular weight is 327 g/mol. The lowest BCUT2D eigenvalue weighted by Crippen LogP contribution is -2.35. The van der Waals surface area contributed by atoms with Crippen molar-refractivity contribution in [3.8, 4) is 5.88 Å². The van der Waals surface area contributed by atoms with Crippen molar-refractivity contribution in [2.24, 2.45) is 5.92 Å².